The summed E-state index contributed by atoms with van der Waals surface area (Å²) in [5.74, 6) is 0. The molecule has 0 aliphatic carbocycles. The summed E-state index contributed by atoms with van der Waals surface area (Å²) in [6.45, 7) is 2.12. The Hall–Kier alpha value is -2.10. The van der Waals surface area contributed by atoms with E-state index in [1.54, 1.807) is 11.8 Å². The number of thioether (sulfide) groups is 1. The smallest absolute Gasteiger partial charge is 0.0717 e. The maximum Gasteiger partial charge on any atom is 0.0717 e. The van der Waals surface area contributed by atoms with E-state index in [0.717, 1.165) is 21.4 Å². The standard InChI is InChI=1S/C22H18BrNS/c1-17-7-5-6-10-21(17)22(24-19-8-3-2-4-9-19)15-16-25-20-13-11-18(23)12-14-20/h2-16H,1H3. The third-order valence-corrected chi connectivity index (χ3v) is 5.02. The summed E-state index contributed by atoms with van der Waals surface area (Å²) in [7, 11) is 0. The van der Waals surface area contributed by atoms with Crippen LogP contribution in [0.1, 0.15) is 11.1 Å². The van der Waals surface area contributed by atoms with E-state index in [2.05, 4.69) is 82.9 Å². The van der Waals surface area contributed by atoms with Gasteiger partial charge in [0.1, 0.15) is 0 Å². The summed E-state index contributed by atoms with van der Waals surface area (Å²) in [5.41, 5.74) is 4.29. The highest BCUT2D eigenvalue weighted by Crippen LogP contribution is 2.23. The Labute approximate surface area is 161 Å². The van der Waals surface area contributed by atoms with Crippen molar-refractivity contribution in [2.75, 3.05) is 0 Å². The Kier molecular flexibility index (Phi) is 6.26. The average molecular weight is 408 g/mol. The van der Waals surface area contributed by atoms with E-state index < -0.39 is 0 Å². The monoisotopic (exact) mass is 407 g/mol. The number of hydrogen-bond donors (Lipinski definition) is 0. The van der Waals surface area contributed by atoms with Crippen LogP contribution in [0.3, 0.4) is 0 Å². The van der Waals surface area contributed by atoms with Gasteiger partial charge < -0.3 is 0 Å². The summed E-state index contributed by atoms with van der Waals surface area (Å²) in [6, 6.07) is 26.7. The second-order valence-electron chi connectivity index (χ2n) is 5.52. The maximum atomic E-state index is 4.84. The van der Waals surface area contributed by atoms with Crippen molar-refractivity contribution in [1.82, 2.24) is 0 Å². The first-order valence-electron chi connectivity index (χ1n) is 8.01. The lowest BCUT2D eigenvalue weighted by Crippen LogP contribution is -1.99. The lowest BCUT2D eigenvalue weighted by molar-refractivity contribution is 1.42. The molecule has 0 amide bonds. The molecule has 1 nitrogen and oxygen atoms in total. The first-order valence-corrected chi connectivity index (χ1v) is 9.68. The van der Waals surface area contributed by atoms with Crippen LogP contribution in [-0.2, 0) is 0 Å². The molecule has 0 radical (unpaired) electrons. The van der Waals surface area contributed by atoms with Crippen molar-refractivity contribution in [3.05, 3.63) is 106 Å². The van der Waals surface area contributed by atoms with E-state index in [1.807, 2.05) is 30.3 Å². The molecule has 0 aliphatic rings. The zero-order valence-electron chi connectivity index (χ0n) is 13.9. The number of aliphatic imine (C=N–C) groups is 1. The number of para-hydroxylation sites is 1. The summed E-state index contributed by atoms with van der Waals surface area (Å²) in [4.78, 5) is 6.04. The van der Waals surface area contributed by atoms with Gasteiger partial charge in [-0.15, -0.1) is 0 Å². The van der Waals surface area contributed by atoms with Crippen LogP contribution < -0.4 is 0 Å². The molecule has 3 aromatic rings. The van der Waals surface area contributed by atoms with Crippen molar-refractivity contribution in [2.45, 2.75) is 11.8 Å². The van der Waals surface area contributed by atoms with E-state index in [-0.39, 0.29) is 0 Å². The van der Waals surface area contributed by atoms with Gasteiger partial charge in [-0.1, -0.05) is 70.2 Å². The number of halogens is 1. The van der Waals surface area contributed by atoms with E-state index in [9.17, 15) is 0 Å². The second-order valence-corrected chi connectivity index (χ2v) is 7.42. The lowest BCUT2D eigenvalue weighted by atomic mass is 10.0. The van der Waals surface area contributed by atoms with Gasteiger partial charge in [-0.3, -0.25) is 0 Å². The topological polar surface area (TPSA) is 12.4 Å². The second kappa shape index (κ2) is 8.84. The SMILES string of the molecule is Cc1ccccc1C(C=CSc1ccc(Br)cc1)=Nc1ccccc1. The Morgan fingerprint density at radius 3 is 2.28 bits per heavy atom. The largest absolute Gasteiger partial charge is 0.248 e. The van der Waals surface area contributed by atoms with Gasteiger partial charge in [0.2, 0.25) is 0 Å². The number of rotatable bonds is 5. The highest BCUT2D eigenvalue weighted by molar-refractivity contribution is 9.10. The van der Waals surface area contributed by atoms with E-state index in [1.165, 1.54) is 10.5 Å². The molecule has 124 valence electrons. The van der Waals surface area contributed by atoms with Crippen LogP contribution in [0.2, 0.25) is 0 Å². The van der Waals surface area contributed by atoms with Crippen molar-refractivity contribution < 1.29 is 0 Å². The minimum atomic E-state index is 0.957. The molecule has 0 aliphatic heterocycles. The van der Waals surface area contributed by atoms with Gasteiger partial charge in [-0.25, -0.2) is 4.99 Å². The molecular formula is C22H18BrNS. The fraction of sp³-hybridized carbons (Fsp3) is 0.0455. The molecule has 3 aromatic carbocycles. The zero-order chi connectivity index (χ0) is 17.5. The van der Waals surface area contributed by atoms with Gasteiger partial charge in [-0.05, 0) is 60.4 Å². The molecule has 0 aromatic heterocycles. The third-order valence-electron chi connectivity index (χ3n) is 3.67. The van der Waals surface area contributed by atoms with Gasteiger partial charge in [0, 0.05) is 14.9 Å². The molecule has 0 heterocycles. The summed E-state index contributed by atoms with van der Waals surface area (Å²) < 4.78 is 1.09. The quantitative estimate of drug-likeness (QED) is 0.322. The summed E-state index contributed by atoms with van der Waals surface area (Å²) >= 11 is 5.15. The molecule has 0 fully saturated rings. The van der Waals surface area contributed by atoms with E-state index >= 15 is 0 Å². The highest BCUT2D eigenvalue weighted by atomic mass is 79.9. The zero-order valence-corrected chi connectivity index (χ0v) is 16.3. The van der Waals surface area contributed by atoms with Crippen molar-refractivity contribution >= 4 is 39.1 Å². The average Bonchev–Trinajstić information content (AvgIpc) is 2.64. The van der Waals surface area contributed by atoms with Crippen LogP contribution in [0.4, 0.5) is 5.69 Å². The number of nitrogens with zero attached hydrogens (tertiary/aromatic N) is 1. The van der Waals surface area contributed by atoms with Gasteiger partial charge in [0.25, 0.3) is 0 Å². The minimum Gasteiger partial charge on any atom is -0.248 e. The van der Waals surface area contributed by atoms with Crippen LogP contribution in [0, 0.1) is 6.92 Å². The Bertz CT molecular complexity index is 883. The third kappa shape index (κ3) is 5.18. The Balaban J connectivity index is 1.89. The minimum absolute atomic E-state index is 0.957. The Morgan fingerprint density at radius 2 is 1.56 bits per heavy atom. The lowest BCUT2D eigenvalue weighted by Gasteiger charge is -2.06. The number of benzene rings is 3. The molecule has 3 heteroatoms. The van der Waals surface area contributed by atoms with Gasteiger partial charge in [-0.2, -0.15) is 0 Å². The fourth-order valence-electron chi connectivity index (χ4n) is 2.38. The molecule has 0 saturated carbocycles. The summed E-state index contributed by atoms with van der Waals surface area (Å²) in [5, 5.41) is 2.09. The number of aryl methyl sites for hydroxylation is 1. The first-order chi connectivity index (χ1) is 12.2. The predicted octanol–water partition coefficient (Wildman–Crippen LogP) is 7.18. The molecule has 0 unspecified atom stereocenters. The predicted molar refractivity (Wildman–Crippen MR) is 113 cm³/mol. The van der Waals surface area contributed by atoms with E-state index in [0.29, 0.717) is 0 Å². The van der Waals surface area contributed by atoms with Gasteiger partial charge in [0.15, 0.2) is 0 Å². The van der Waals surface area contributed by atoms with Crippen molar-refractivity contribution in [2.24, 2.45) is 4.99 Å². The van der Waals surface area contributed by atoms with E-state index in [4.69, 9.17) is 4.99 Å². The molecule has 0 N–H and O–H groups in total. The molecule has 25 heavy (non-hydrogen) atoms. The highest BCUT2D eigenvalue weighted by Gasteiger charge is 2.04. The van der Waals surface area contributed by atoms with Crippen LogP contribution in [-0.4, -0.2) is 5.71 Å². The van der Waals surface area contributed by atoms with Crippen molar-refractivity contribution in [3.63, 3.8) is 0 Å². The van der Waals surface area contributed by atoms with Gasteiger partial charge >= 0.3 is 0 Å². The number of hydrogen-bond acceptors (Lipinski definition) is 2. The van der Waals surface area contributed by atoms with Crippen LogP contribution in [0.15, 0.2) is 105 Å². The molecule has 3 rings (SSSR count). The van der Waals surface area contributed by atoms with Crippen molar-refractivity contribution in [1.29, 1.82) is 0 Å². The Morgan fingerprint density at radius 1 is 0.880 bits per heavy atom. The number of allylic oxidation sites excluding steroid dienone is 1. The molecule has 0 bridgehead atoms. The molecule has 0 atom stereocenters. The normalized spacial score (nSPS) is 11.8. The van der Waals surface area contributed by atoms with Gasteiger partial charge in [0.05, 0.1) is 11.4 Å². The van der Waals surface area contributed by atoms with Crippen LogP contribution in [0.5, 0.6) is 0 Å². The first kappa shape index (κ1) is 17.7. The fourth-order valence-corrected chi connectivity index (χ4v) is 3.29. The van der Waals surface area contributed by atoms with Crippen LogP contribution >= 0.6 is 27.7 Å². The summed E-state index contributed by atoms with van der Waals surface area (Å²) in [6.07, 6.45) is 2.09. The van der Waals surface area contributed by atoms with Crippen LogP contribution in [0.25, 0.3) is 0 Å². The maximum absolute atomic E-state index is 4.84. The molecule has 0 spiro atoms. The molecular weight excluding hydrogens is 390 g/mol. The molecule has 0 saturated heterocycles. The van der Waals surface area contributed by atoms with Crippen molar-refractivity contribution in [3.8, 4) is 0 Å².